The van der Waals surface area contributed by atoms with E-state index < -0.39 is 0 Å². The lowest BCUT2D eigenvalue weighted by atomic mass is 10.2. The SMILES string of the molecule is CC(=O)Nc1ccc(NCc2c(F)cccc2Cl)cc1Cl. The topological polar surface area (TPSA) is 41.1 Å². The smallest absolute Gasteiger partial charge is 0.221 e. The molecule has 0 atom stereocenters. The average Bonchev–Trinajstić information content (AvgIpc) is 2.41. The molecule has 6 heteroatoms. The Morgan fingerprint density at radius 2 is 1.95 bits per heavy atom. The van der Waals surface area contributed by atoms with Gasteiger partial charge in [0.1, 0.15) is 5.82 Å². The number of rotatable bonds is 4. The van der Waals surface area contributed by atoms with Crippen molar-refractivity contribution in [2.24, 2.45) is 0 Å². The third-order valence-corrected chi connectivity index (χ3v) is 3.48. The average molecular weight is 327 g/mol. The number of nitrogens with one attached hydrogen (secondary N) is 2. The standard InChI is InChI=1S/C15H13Cl2FN2O/c1-9(21)20-15-6-5-10(7-13(15)17)19-8-11-12(16)3-2-4-14(11)18/h2-7,19H,8H2,1H3,(H,20,21). The number of halogens is 3. The van der Waals surface area contributed by atoms with Crippen molar-refractivity contribution in [2.75, 3.05) is 10.6 Å². The van der Waals surface area contributed by atoms with E-state index >= 15 is 0 Å². The van der Waals surface area contributed by atoms with Crippen LogP contribution >= 0.6 is 23.2 Å². The van der Waals surface area contributed by atoms with Crippen LogP contribution in [0.4, 0.5) is 15.8 Å². The first-order chi connectivity index (χ1) is 9.97. The molecular weight excluding hydrogens is 314 g/mol. The Kier molecular flexibility index (Phi) is 5.04. The highest BCUT2D eigenvalue weighted by molar-refractivity contribution is 6.34. The van der Waals surface area contributed by atoms with E-state index in [2.05, 4.69) is 10.6 Å². The van der Waals surface area contributed by atoms with Gasteiger partial charge in [-0.15, -0.1) is 0 Å². The number of carbonyl (C=O) groups is 1. The van der Waals surface area contributed by atoms with Crippen LogP contribution in [0, 0.1) is 5.82 Å². The van der Waals surface area contributed by atoms with Crippen LogP contribution in [0.25, 0.3) is 0 Å². The first kappa shape index (κ1) is 15.6. The fraction of sp³-hybridized carbons (Fsp3) is 0.133. The molecule has 1 amide bonds. The van der Waals surface area contributed by atoms with E-state index in [4.69, 9.17) is 23.2 Å². The molecule has 0 aliphatic rings. The summed E-state index contributed by atoms with van der Waals surface area (Å²) >= 11 is 12.0. The highest BCUT2D eigenvalue weighted by atomic mass is 35.5. The highest BCUT2D eigenvalue weighted by Gasteiger charge is 2.08. The van der Waals surface area contributed by atoms with Crippen LogP contribution in [0.15, 0.2) is 36.4 Å². The fourth-order valence-electron chi connectivity index (χ4n) is 1.81. The first-order valence-electron chi connectivity index (χ1n) is 6.21. The Morgan fingerprint density at radius 3 is 2.57 bits per heavy atom. The predicted molar refractivity (Wildman–Crippen MR) is 84.5 cm³/mol. The molecule has 0 fully saturated rings. The fourth-order valence-corrected chi connectivity index (χ4v) is 2.27. The summed E-state index contributed by atoms with van der Waals surface area (Å²) in [5, 5.41) is 6.42. The van der Waals surface area contributed by atoms with Gasteiger partial charge in [-0.3, -0.25) is 4.79 Å². The molecule has 0 unspecified atom stereocenters. The minimum atomic E-state index is -0.365. The Hall–Kier alpha value is -1.78. The number of hydrogen-bond donors (Lipinski definition) is 2. The second-order valence-electron chi connectivity index (χ2n) is 4.43. The van der Waals surface area contributed by atoms with Crippen molar-refractivity contribution in [3.05, 3.63) is 57.8 Å². The van der Waals surface area contributed by atoms with E-state index in [0.717, 1.165) is 0 Å². The molecule has 0 aliphatic carbocycles. The Balaban J connectivity index is 2.10. The zero-order valence-electron chi connectivity index (χ0n) is 11.2. The van der Waals surface area contributed by atoms with Crippen molar-refractivity contribution in [2.45, 2.75) is 13.5 Å². The molecule has 2 rings (SSSR count). The van der Waals surface area contributed by atoms with Gasteiger partial charge >= 0.3 is 0 Å². The summed E-state index contributed by atoms with van der Waals surface area (Å²) in [6.07, 6.45) is 0. The molecular formula is C15H13Cl2FN2O. The zero-order valence-corrected chi connectivity index (χ0v) is 12.7. The lowest BCUT2D eigenvalue weighted by Gasteiger charge is -2.11. The van der Waals surface area contributed by atoms with Crippen molar-refractivity contribution in [1.82, 2.24) is 0 Å². The van der Waals surface area contributed by atoms with Gasteiger partial charge in [0, 0.05) is 29.7 Å². The van der Waals surface area contributed by atoms with Gasteiger partial charge in [-0.25, -0.2) is 4.39 Å². The Labute approximate surface area is 132 Å². The number of amides is 1. The van der Waals surface area contributed by atoms with Gasteiger partial charge in [0.25, 0.3) is 0 Å². The molecule has 21 heavy (non-hydrogen) atoms. The van der Waals surface area contributed by atoms with Crippen LogP contribution in [0.1, 0.15) is 12.5 Å². The van der Waals surface area contributed by atoms with Gasteiger partial charge in [-0.1, -0.05) is 29.3 Å². The molecule has 2 aromatic carbocycles. The molecule has 0 saturated heterocycles. The molecule has 0 radical (unpaired) electrons. The summed E-state index contributed by atoms with van der Waals surface area (Å²) in [6.45, 7) is 1.64. The van der Waals surface area contributed by atoms with E-state index in [9.17, 15) is 9.18 Å². The zero-order chi connectivity index (χ0) is 15.4. The van der Waals surface area contributed by atoms with Gasteiger partial charge in [0.05, 0.1) is 10.7 Å². The molecule has 3 nitrogen and oxygen atoms in total. The van der Waals surface area contributed by atoms with Gasteiger partial charge in [-0.05, 0) is 30.3 Å². The van der Waals surface area contributed by atoms with Crippen molar-refractivity contribution < 1.29 is 9.18 Å². The van der Waals surface area contributed by atoms with Crippen molar-refractivity contribution in [1.29, 1.82) is 0 Å². The number of benzene rings is 2. The molecule has 110 valence electrons. The molecule has 0 heterocycles. The molecule has 0 aromatic heterocycles. The van der Waals surface area contributed by atoms with Crippen LogP contribution < -0.4 is 10.6 Å². The van der Waals surface area contributed by atoms with Gasteiger partial charge in [-0.2, -0.15) is 0 Å². The molecule has 0 spiro atoms. The molecule has 2 N–H and O–H groups in total. The summed E-state index contributed by atoms with van der Waals surface area (Å²) in [5.41, 5.74) is 1.62. The lowest BCUT2D eigenvalue weighted by molar-refractivity contribution is -0.114. The third-order valence-electron chi connectivity index (χ3n) is 2.81. The van der Waals surface area contributed by atoms with Crippen LogP contribution in [-0.4, -0.2) is 5.91 Å². The molecule has 2 aromatic rings. The monoisotopic (exact) mass is 326 g/mol. The van der Waals surface area contributed by atoms with Gasteiger partial charge in [0.15, 0.2) is 0 Å². The summed E-state index contributed by atoms with van der Waals surface area (Å²) < 4.78 is 13.6. The Bertz CT molecular complexity index is 656. The van der Waals surface area contributed by atoms with Crippen molar-refractivity contribution >= 4 is 40.5 Å². The molecule has 0 aliphatic heterocycles. The lowest BCUT2D eigenvalue weighted by Crippen LogP contribution is -2.07. The van der Waals surface area contributed by atoms with E-state index in [0.29, 0.717) is 27.0 Å². The molecule has 0 saturated carbocycles. The van der Waals surface area contributed by atoms with Crippen LogP contribution in [0.2, 0.25) is 10.0 Å². The number of carbonyl (C=O) groups excluding carboxylic acids is 1. The third kappa shape index (κ3) is 4.09. The van der Waals surface area contributed by atoms with Crippen LogP contribution in [0.5, 0.6) is 0 Å². The second-order valence-corrected chi connectivity index (χ2v) is 5.24. The Morgan fingerprint density at radius 1 is 1.19 bits per heavy atom. The van der Waals surface area contributed by atoms with Gasteiger partial charge in [0.2, 0.25) is 5.91 Å². The minimum Gasteiger partial charge on any atom is -0.381 e. The molecule has 0 bridgehead atoms. The maximum atomic E-state index is 13.6. The quantitative estimate of drug-likeness (QED) is 0.854. The minimum absolute atomic E-state index is 0.198. The predicted octanol–water partition coefficient (Wildman–Crippen LogP) is 4.70. The van der Waals surface area contributed by atoms with Gasteiger partial charge < -0.3 is 10.6 Å². The van der Waals surface area contributed by atoms with Crippen molar-refractivity contribution in [3.8, 4) is 0 Å². The summed E-state index contributed by atoms with van der Waals surface area (Å²) in [5.74, 6) is -0.563. The second kappa shape index (κ2) is 6.78. The van der Waals surface area contributed by atoms with E-state index in [-0.39, 0.29) is 18.3 Å². The van der Waals surface area contributed by atoms with Crippen LogP contribution in [-0.2, 0) is 11.3 Å². The largest absolute Gasteiger partial charge is 0.381 e. The maximum Gasteiger partial charge on any atom is 0.221 e. The highest BCUT2D eigenvalue weighted by Crippen LogP contribution is 2.26. The number of hydrogen-bond acceptors (Lipinski definition) is 2. The number of anilines is 2. The van der Waals surface area contributed by atoms with E-state index in [1.165, 1.54) is 13.0 Å². The maximum absolute atomic E-state index is 13.6. The normalized spacial score (nSPS) is 10.3. The summed E-state index contributed by atoms with van der Waals surface area (Å²) in [4.78, 5) is 11.0. The van der Waals surface area contributed by atoms with E-state index in [1.807, 2.05) is 0 Å². The van der Waals surface area contributed by atoms with Crippen LogP contribution in [0.3, 0.4) is 0 Å². The van der Waals surface area contributed by atoms with E-state index in [1.54, 1.807) is 30.3 Å². The summed E-state index contributed by atoms with van der Waals surface area (Å²) in [6, 6.07) is 9.62. The van der Waals surface area contributed by atoms with Crippen molar-refractivity contribution in [3.63, 3.8) is 0 Å². The summed E-state index contributed by atoms with van der Waals surface area (Å²) in [7, 11) is 0. The first-order valence-corrected chi connectivity index (χ1v) is 6.97.